The molecule has 3 radical (unpaired) electrons. The molecular formula is H9BiCaCuO2PbSr. The van der Waals surface area contributed by atoms with Gasteiger partial charge in [0.2, 0.25) is 0 Å². The summed E-state index contributed by atoms with van der Waals surface area (Å²) in [7, 11) is 0. The van der Waals surface area contributed by atoms with Crippen molar-refractivity contribution < 1.29 is 22.8 Å². The van der Waals surface area contributed by atoms with Crippen LogP contribution in [0.3, 0.4) is 0 Å². The standard InChI is InChI=1S/Bi.Ca.Cu.O2.Pb.Sr.9H/c;;;1-2;;;;;;;;;;;/q;+2;;;;+2;;;;;;4*-1. The fourth-order valence-corrected chi connectivity index (χ4v) is 0. The van der Waals surface area contributed by atoms with E-state index in [0.717, 1.165) is 0 Å². The summed E-state index contributed by atoms with van der Waals surface area (Å²) in [6, 6.07) is 0. The Morgan fingerprint density at radius 1 is 1.14 bits per heavy atom. The first kappa shape index (κ1) is 41.3. The van der Waals surface area contributed by atoms with Crippen molar-refractivity contribution in [2.75, 3.05) is 0 Å². The topological polar surface area (TPSA) is 34.1 Å². The van der Waals surface area contributed by atoms with Gasteiger partial charge in [0.25, 0.3) is 0 Å². The van der Waals surface area contributed by atoms with E-state index in [9.17, 15) is 0 Å². The molecule has 0 aliphatic carbocycles. The predicted molar refractivity (Wildman–Crippen MR) is 41.2 cm³/mol. The van der Waals surface area contributed by atoms with E-state index in [1.54, 1.807) is 0 Å². The van der Waals surface area contributed by atoms with Crippen LogP contribution in [-0.2, 0) is 17.1 Å². The summed E-state index contributed by atoms with van der Waals surface area (Å²) in [5, 5.41) is 0. The van der Waals surface area contributed by atoms with Gasteiger partial charge < -0.3 is 5.71 Å². The second-order valence-electron chi connectivity index (χ2n) is 0. The van der Waals surface area contributed by atoms with Crippen molar-refractivity contribution in [1.82, 2.24) is 0 Å². The van der Waals surface area contributed by atoms with Gasteiger partial charge in [-0.1, -0.05) is 0 Å². The molecule has 45 valence electrons. The van der Waals surface area contributed by atoms with E-state index in [2.05, 4.69) is 0 Å². The molecule has 0 aliphatic heterocycles. The smallest absolute Gasteiger partial charge is 2.00 e. The minimum Gasteiger partial charge on any atom is 2.00 e. The Morgan fingerprint density at radius 2 is 1.14 bits per heavy atom. The summed E-state index contributed by atoms with van der Waals surface area (Å²) in [6.45, 7) is 0. The van der Waals surface area contributed by atoms with Crippen LogP contribution in [0.15, 0.2) is 0 Å². The second-order valence-corrected chi connectivity index (χ2v) is 0. The summed E-state index contributed by atoms with van der Waals surface area (Å²) in [4.78, 5) is 14.0. The second kappa shape index (κ2) is 45.8. The van der Waals surface area contributed by atoms with Crippen molar-refractivity contribution in [2.45, 2.75) is 0 Å². The molecule has 0 saturated carbocycles. The molecule has 0 amide bonds. The first-order valence-corrected chi connectivity index (χ1v) is 0.167. The van der Waals surface area contributed by atoms with Crippen LogP contribution >= 0.6 is 0 Å². The molecule has 0 bridgehead atoms. The Morgan fingerprint density at radius 3 is 1.14 bits per heavy atom. The van der Waals surface area contributed by atoms with Gasteiger partial charge in [-0.25, -0.2) is 0 Å². The van der Waals surface area contributed by atoms with Crippen LogP contribution in [0.25, 0.3) is 0 Å². The third-order valence-corrected chi connectivity index (χ3v) is 0. The van der Waals surface area contributed by atoms with Gasteiger partial charge in [0.15, 0.2) is 0 Å². The van der Waals surface area contributed by atoms with Gasteiger partial charge in [-0.05, 0) is 0 Å². The Kier molecular flexibility index (Phi) is 270. The van der Waals surface area contributed by atoms with Crippen molar-refractivity contribution >= 4 is 137 Å². The largest absolute Gasteiger partial charge is 2.00 e. The summed E-state index contributed by atoms with van der Waals surface area (Å²) < 4.78 is 0. The monoisotopic (exact) mass is 649 g/mol. The van der Waals surface area contributed by atoms with E-state index in [1.165, 1.54) is 0 Å². The molecule has 0 aliphatic rings. The molecule has 0 N–H and O–H groups in total. The average molecular weight is 648 g/mol. The van der Waals surface area contributed by atoms with Crippen LogP contribution in [-0.4, -0.2) is 137 Å². The van der Waals surface area contributed by atoms with E-state index in [-0.39, 0.29) is 159 Å². The minimum absolute atomic E-state index is 0. The molecule has 2 nitrogen and oxygen atoms in total. The molecule has 0 atom stereocenters. The number of hydrogen-bond donors (Lipinski definition) is 0. The van der Waals surface area contributed by atoms with Gasteiger partial charge in [0, 0.05) is 27.0 Å². The van der Waals surface area contributed by atoms with E-state index in [0.29, 0.717) is 0 Å². The van der Waals surface area contributed by atoms with Crippen molar-refractivity contribution in [3.05, 3.63) is 9.93 Å². The van der Waals surface area contributed by atoms with Crippen LogP contribution < -0.4 is 0 Å². The van der Waals surface area contributed by atoms with Crippen molar-refractivity contribution in [1.29, 1.82) is 0 Å². The fraction of sp³-hybridized carbons (Fsp3) is 0. The van der Waals surface area contributed by atoms with Crippen molar-refractivity contribution in [3.8, 4) is 0 Å². The predicted octanol–water partition coefficient (Wildman–Crippen LogP) is -2.35. The Labute approximate surface area is 165 Å². The Balaban J connectivity index is -0.000000000139. The van der Waals surface area contributed by atoms with E-state index < -0.39 is 0 Å². The van der Waals surface area contributed by atoms with Gasteiger partial charge in [0.1, 0.15) is 0 Å². The van der Waals surface area contributed by atoms with Gasteiger partial charge in [-0.15, -0.1) is 0 Å². The molecule has 0 heterocycles. The SMILES string of the molecule is O=O.[BiH3].[Ca+2].[Cu].[H-].[H-].[H-].[H-].[PbH2].[Sr+2]. The van der Waals surface area contributed by atoms with Crippen LogP contribution in [0.5, 0.6) is 0 Å². The van der Waals surface area contributed by atoms with Gasteiger partial charge in [-0.3, -0.25) is 0 Å². The molecular weight excluding hydrogens is 639 g/mol. The average Bonchev–Trinajstić information content (AvgIpc) is 1.00. The van der Waals surface area contributed by atoms with Crippen LogP contribution in [0, 0.1) is 9.93 Å². The fourth-order valence-electron chi connectivity index (χ4n) is 0. The zero-order chi connectivity index (χ0) is 2.00. The maximum Gasteiger partial charge on any atom is 2.00 e. The third kappa shape index (κ3) is 36.8. The normalized spacial score (nSPS) is 0.571. The number of rotatable bonds is 0. The zero-order valence-corrected chi connectivity index (χ0v) is 21.6. The van der Waals surface area contributed by atoms with Crippen molar-refractivity contribution in [2.24, 2.45) is 0 Å². The Bertz CT molecular complexity index is 28.1. The quantitative estimate of drug-likeness (QED) is 0.276. The molecule has 7 heteroatoms. The summed E-state index contributed by atoms with van der Waals surface area (Å²) >= 11 is 0. The molecule has 7 heavy (non-hydrogen) atoms. The van der Waals surface area contributed by atoms with Gasteiger partial charge in [0.05, 0.1) is 0 Å². The molecule has 0 unspecified atom stereocenters. The molecule has 0 fully saturated rings. The summed E-state index contributed by atoms with van der Waals surface area (Å²) in [6.07, 6.45) is 0. The van der Waals surface area contributed by atoms with E-state index in [1.807, 2.05) is 0 Å². The maximum atomic E-state index is 7.00. The van der Waals surface area contributed by atoms with Gasteiger partial charge >= 0.3 is 137 Å². The first-order valence-electron chi connectivity index (χ1n) is 0.167. The van der Waals surface area contributed by atoms with Gasteiger partial charge in [-0.2, -0.15) is 0 Å². The molecule has 0 spiro atoms. The van der Waals surface area contributed by atoms with E-state index in [4.69, 9.17) is 9.93 Å². The van der Waals surface area contributed by atoms with Crippen molar-refractivity contribution in [3.63, 3.8) is 0 Å². The summed E-state index contributed by atoms with van der Waals surface area (Å²) in [5.74, 6) is 0. The molecule has 0 rings (SSSR count). The molecule has 0 aromatic rings. The first-order chi connectivity index (χ1) is 1.00. The summed E-state index contributed by atoms with van der Waals surface area (Å²) in [5.41, 5.74) is 0. The molecule has 0 aromatic carbocycles. The van der Waals surface area contributed by atoms with E-state index >= 15 is 0 Å². The minimum atomic E-state index is 0. The molecule has 0 aromatic heterocycles. The maximum absolute atomic E-state index is 7.00. The van der Waals surface area contributed by atoms with Crippen LogP contribution in [0.1, 0.15) is 5.71 Å². The number of hydrogen-bond acceptors (Lipinski definition) is 2. The van der Waals surface area contributed by atoms with Crippen LogP contribution in [0.2, 0.25) is 0 Å². The third-order valence-electron chi connectivity index (χ3n) is 0. The van der Waals surface area contributed by atoms with Crippen LogP contribution in [0.4, 0.5) is 0 Å². The Hall–Kier alpha value is 4.66. The molecule has 0 saturated heterocycles. The zero-order valence-electron chi connectivity index (χ0n) is 7.95.